The van der Waals surface area contributed by atoms with Crippen molar-refractivity contribution in [1.82, 2.24) is 4.57 Å². The number of rotatable bonds is 6. The summed E-state index contributed by atoms with van der Waals surface area (Å²) in [5.74, 6) is 0. The van der Waals surface area contributed by atoms with Gasteiger partial charge in [-0.3, -0.25) is 0 Å². The molecule has 0 saturated carbocycles. The standard InChI is InChI=1S/C61H40N2/c1-3-18-41(19-4-1)42-34-36-44(37-35-42)47-23-10-15-32-57(47)62(56-31-14-9-22-46(56)43-20-5-2-6-21-43)45-38-39-59-55(40-45)61(52-28-12-7-24-48(52)49-25-8-13-29-53(49)61)54-30-17-27-51-50-26-11-16-33-58(50)63(59)60(51)54/h1-40H. The van der Waals surface area contributed by atoms with Gasteiger partial charge >= 0.3 is 0 Å². The SMILES string of the molecule is c1ccc(-c2ccc(-c3ccccc3N(c3ccc4c(c3)C3(c5ccccc5-c5ccccc53)c3cccc5c6ccccc6n-4c35)c3ccccc3-c3ccccc3)cc2)cc1. The van der Waals surface area contributed by atoms with Crippen molar-refractivity contribution >= 4 is 38.9 Å². The highest BCUT2D eigenvalue weighted by atomic mass is 15.1. The molecule has 1 aromatic heterocycles. The van der Waals surface area contributed by atoms with Gasteiger partial charge in [-0.1, -0.05) is 206 Å². The van der Waals surface area contributed by atoms with Crippen LogP contribution in [0.5, 0.6) is 0 Å². The fraction of sp³-hybridized carbons (Fsp3) is 0.0164. The summed E-state index contributed by atoms with van der Waals surface area (Å²) in [6.07, 6.45) is 0. The molecule has 1 aliphatic heterocycles. The predicted octanol–water partition coefficient (Wildman–Crippen LogP) is 15.9. The van der Waals surface area contributed by atoms with E-state index in [9.17, 15) is 0 Å². The molecule has 0 radical (unpaired) electrons. The fourth-order valence-corrected chi connectivity index (χ4v) is 11.0. The third-order valence-electron chi connectivity index (χ3n) is 13.6. The molecule has 2 heteroatoms. The topological polar surface area (TPSA) is 8.17 Å². The molecule has 63 heavy (non-hydrogen) atoms. The first-order chi connectivity index (χ1) is 31.3. The van der Waals surface area contributed by atoms with Gasteiger partial charge in [0.05, 0.1) is 33.5 Å². The van der Waals surface area contributed by atoms with E-state index >= 15 is 0 Å². The van der Waals surface area contributed by atoms with Crippen molar-refractivity contribution in [3.8, 4) is 50.2 Å². The number of hydrogen-bond donors (Lipinski definition) is 0. The van der Waals surface area contributed by atoms with Gasteiger partial charge in [-0.15, -0.1) is 0 Å². The summed E-state index contributed by atoms with van der Waals surface area (Å²) < 4.78 is 2.54. The second kappa shape index (κ2) is 13.9. The first-order valence-electron chi connectivity index (χ1n) is 21.9. The van der Waals surface area contributed by atoms with Crippen LogP contribution >= 0.6 is 0 Å². The van der Waals surface area contributed by atoms with Gasteiger partial charge in [0.15, 0.2) is 0 Å². The van der Waals surface area contributed by atoms with E-state index in [-0.39, 0.29) is 0 Å². The van der Waals surface area contributed by atoms with Gasteiger partial charge in [0.25, 0.3) is 0 Å². The highest BCUT2D eigenvalue weighted by molar-refractivity contribution is 6.13. The van der Waals surface area contributed by atoms with Gasteiger partial charge in [0.1, 0.15) is 0 Å². The highest BCUT2D eigenvalue weighted by Gasteiger charge is 2.51. The Morgan fingerprint density at radius 1 is 0.317 bits per heavy atom. The zero-order valence-electron chi connectivity index (χ0n) is 34.5. The molecule has 0 amide bonds. The molecule has 2 nitrogen and oxygen atoms in total. The number of hydrogen-bond acceptors (Lipinski definition) is 1. The maximum atomic E-state index is 2.54. The molecule has 0 bridgehead atoms. The molecule has 2 aliphatic rings. The molecule has 1 spiro atoms. The van der Waals surface area contributed by atoms with Crippen LogP contribution in [-0.4, -0.2) is 4.57 Å². The maximum Gasteiger partial charge on any atom is 0.0755 e. The molecule has 2 heterocycles. The van der Waals surface area contributed by atoms with E-state index in [4.69, 9.17) is 0 Å². The third kappa shape index (κ3) is 5.13. The highest BCUT2D eigenvalue weighted by Crippen LogP contribution is 2.62. The quantitative estimate of drug-likeness (QED) is 0.163. The number of aromatic nitrogens is 1. The summed E-state index contributed by atoms with van der Waals surface area (Å²) >= 11 is 0. The van der Waals surface area contributed by atoms with E-state index < -0.39 is 5.41 Å². The fourth-order valence-electron chi connectivity index (χ4n) is 11.0. The monoisotopic (exact) mass is 800 g/mol. The normalized spacial score (nSPS) is 12.9. The molecule has 294 valence electrons. The second-order valence-electron chi connectivity index (χ2n) is 16.8. The third-order valence-corrected chi connectivity index (χ3v) is 13.6. The summed E-state index contributed by atoms with van der Waals surface area (Å²) in [6, 6.07) is 89.6. The minimum Gasteiger partial charge on any atom is -0.309 e. The first-order valence-corrected chi connectivity index (χ1v) is 21.9. The Labute approximate surface area is 367 Å². The van der Waals surface area contributed by atoms with Crippen molar-refractivity contribution in [2.75, 3.05) is 4.90 Å². The van der Waals surface area contributed by atoms with Crippen molar-refractivity contribution < 1.29 is 0 Å². The van der Waals surface area contributed by atoms with Crippen LogP contribution in [0.3, 0.4) is 0 Å². The molecular formula is C61H40N2. The lowest BCUT2D eigenvalue weighted by Crippen LogP contribution is -2.33. The van der Waals surface area contributed by atoms with E-state index in [0.717, 1.165) is 28.2 Å². The summed E-state index contributed by atoms with van der Waals surface area (Å²) in [5.41, 5.74) is 21.3. The Kier molecular flexibility index (Phi) is 7.85. The van der Waals surface area contributed by atoms with Crippen LogP contribution in [0.2, 0.25) is 0 Å². The van der Waals surface area contributed by atoms with E-state index in [0.29, 0.717) is 0 Å². The van der Waals surface area contributed by atoms with Gasteiger partial charge < -0.3 is 9.47 Å². The molecule has 0 unspecified atom stereocenters. The minimum absolute atomic E-state index is 0.570. The Morgan fingerprint density at radius 3 is 1.46 bits per heavy atom. The van der Waals surface area contributed by atoms with Crippen molar-refractivity contribution in [3.05, 3.63) is 265 Å². The van der Waals surface area contributed by atoms with E-state index in [1.807, 2.05) is 0 Å². The van der Waals surface area contributed by atoms with Crippen LogP contribution in [0.25, 0.3) is 72.0 Å². The Morgan fingerprint density at radius 2 is 0.794 bits per heavy atom. The van der Waals surface area contributed by atoms with Crippen LogP contribution in [0.1, 0.15) is 22.3 Å². The molecule has 1 aliphatic carbocycles. The van der Waals surface area contributed by atoms with Crippen LogP contribution in [0.4, 0.5) is 17.1 Å². The molecule has 0 fully saturated rings. The smallest absolute Gasteiger partial charge is 0.0755 e. The average Bonchev–Trinajstić information content (AvgIpc) is 3.86. The van der Waals surface area contributed by atoms with Gasteiger partial charge in [-0.25, -0.2) is 0 Å². The number of para-hydroxylation sites is 4. The van der Waals surface area contributed by atoms with E-state index in [1.165, 1.54) is 83.1 Å². The second-order valence-corrected chi connectivity index (χ2v) is 16.8. The largest absolute Gasteiger partial charge is 0.309 e. The van der Waals surface area contributed by atoms with Crippen molar-refractivity contribution in [3.63, 3.8) is 0 Å². The first kappa shape index (κ1) is 35.5. The van der Waals surface area contributed by atoms with E-state index in [1.54, 1.807) is 0 Å². The Balaban J connectivity index is 1.12. The lowest BCUT2D eigenvalue weighted by Gasteiger charge is -2.40. The van der Waals surface area contributed by atoms with Gasteiger partial charge in [0, 0.05) is 27.6 Å². The number of nitrogens with zero attached hydrogens (tertiary/aromatic N) is 2. The van der Waals surface area contributed by atoms with E-state index in [2.05, 4.69) is 252 Å². The van der Waals surface area contributed by atoms with Crippen molar-refractivity contribution in [2.24, 2.45) is 0 Å². The van der Waals surface area contributed by atoms with Crippen LogP contribution in [-0.2, 0) is 5.41 Å². The lowest BCUT2D eigenvalue weighted by atomic mass is 9.65. The lowest BCUT2D eigenvalue weighted by molar-refractivity contribution is 0.748. The van der Waals surface area contributed by atoms with Crippen LogP contribution in [0.15, 0.2) is 243 Å². The molecular weight excluding hydrogens is 761 g/mol. The maximum absolute atomic E-state index is 2.54. The minimum atomic E-state index is -0.570. The van der Waals surface area contributed by atoms with Crippen molar-refractivity contribution in [1.29, 1.82) is 0 Å². The molecule has 0 atom stereocenters. The predicted molar refractivity (Wildman–Crippen MR) is 263 cm³/mol. The van der Waals surface area contributed by atoms with Gasteiger partial charge in [-0.2, -0.15) is 0 Å². The average molecular weight is 801 g/mol. The molecule has 0 saturated heterocycles. The molecule has 0 N–H and O–H groups in total. The summed E-state index contributed by atoms with van der Waals surface area (Å²) in [4.78, 5) is 2.51. The van der Waals surface area contributed by atoms with Gasteiger partial charge in [-0.05, 0) is 92.0 Å². The number of benzene rings is 10. The summed E-state index contributed by atoms with van der Waals surface area (Å²) in [6.45, 7) is 0. The molecule has 11 aromatic rings. The zero-order valence-corrected chi connectivity index (χ0v) is 34.5. The van der Waals surface area contributed by atoms with Gasteiger partial charge in [0.2, 0.25) is 0 Å². The number of fused-ring (bicyclic) bond motifs is 12. The Bertz CT molecular complexity index is 3520. The molecule has 13 rings (SSSR count). The summed E-state index contributed by atoms with van der Waals surface area (Å²) in [7, 11) is 0. The zero-order chi connectivity index (χ0) is 41.5. The van der Waals surface area contributed by atoms with Crippen LogP contribution in [0, 0.1) is 0 Å². The van der Waals surface area contributed by atoms with Crippen LogP contribution < -0.4 is 4.90 Å². The Hall–Kier alpha value is -8.20. The molecule has 10 aromatic carbocycles. The summed E-state index contributed by atoms with van der Waals surface area (Å²) in [5, 5.41) is 2.55. The number of anilines is 3. The van der Waals surface area contributed by atoms with Crippen molar-refractivity contribution in [2.45, 2.75) is 5.41 Å².